The van der Waals surface area contributed by atoms with E-state index in [1.54, 1.807) is 18.2 Å². The smallest absolute Gasteiger partial charge is 0.331 e. The number of hydrogen-bond donors (Lipinski definition) is 1. The third-order valence-electron chi connectivity index (χ3n) is 4.99. The second-order valence-electron chi connectivity index (χ2n) is 6.96. The Morgan fingerprint density at radius 1 is 1.30 bits per heavy atom. The highest BCUT2D eigenvalue weighted by Gasteiger charge is 2.40. The molecule has 0 radical (unpaired) electrons. The minimum Gasteiger partial charge on any atom is -0.489 e. The van der Waals surface area contributed by atoms with Crippen LogP contribution in [0.25, 0.3) is 6.08 Å². The van der Waals surface area contributed by atoms with Crippen LogP contribution in [0.15, 0.2) is 23.8 Å². The Labute approximate surface area is 163 Å². The average molecular weight is 391 g/mol. The Bertz CT molecular complexity index is 799. The molecule has 1 aliphatic heterocycles. The number of nitrogens with one attached hydrogen (secondary N) is 1. The molecule has 1 atom stereocenters. The van der Waals surface area contributed by atoms with E-state index in [1.165, 1.54) is 11.0 Å². The normalized spacial score (nSPS) is 20.9. The zero-order chi connectivity index (χ0) is 19.6. The molecule has 0 bridgehead atoms. The molecule has 2 aliphatic rings. The topological polar surface area (TPSA) is 75.7 Å². The van der Waals surface area contributed by atoms with Crippen molar-refractivity contribution in [2.45, 2.75) is 58.1 Å². The van der Waals surface area contributed by atoms with Crippen LogP contribution >= 0.6 is 11.6 Å². The van der Waals surface area contributed by atoms with Crippen molar-refractivity contribution in [3.8, 4) is 5.75 Å². The van der Waals surface area contributed by atoms with Crippen molar-refractivity contribution in [1.82, 2.24) is 10.2 Å². The highest BCUT2D eigenvalue weighted by atomic mass is 35.5. The number of rotatable bonds is 5. The maximum Gasteiger partial charge on any atom is 0.331 e. The molecule has 27 heavy (non-hydrogen) atoms. The minimum absolute atomic E-state index is 0.0309. The second-order valence-corrected chi connectivity index (χ2v) is 7.36. The number of amides is 4. The van der Waals surface area contributed by atoms with Gasteiger partial charge in [0, 0.05) is 6.04 Å². The van der Waals surface area contributed by atoms with E-state index in [9.17, 15) is 14.4 Å². The van der Waals surface area contributed by atoms with Crippen molar-refractivity contribution in [2.24, 2.45) is 0 Å². The van der Waals surface area contributed by atoms with Gasteiger partial charge in [-0.3, -0.25) is 19.8 Å². The summed E-state index contributed by atoms with van der Waals surface area (Å²) in [6.45, 7) is 3.97. The fourth-order valence-electron chi connectivity index (χ4n) is 3.33. The summed E-state index contributed by atoms with van der Waals surface area (Å²) in [5, 5.41) is 2.67. The molecular weight excluding hydrogens is 368 g/mol. The third-order valence-corrected chi connectivity index (χ3v) is 5.29. The lowest BCUT2D eigenvalue weighted by Crippen LogP contribution is -2.57. The molecule has 1 aromatic carbocycles. The highest BCUT2D eigenvalue weighted by Crippen LogP contribution is 2.30. The lowest BCUT2D eigenvalue weighted by molar-refractivity contribution is -0.131. The Kier molecular flexibility index (Phi) is 5.85. The predicted octanol–water partition coefficient (Wildman–Crippen LogP) is 3.92. The summed E-state index contributed by atoms with van der Waals surface area (Å²) >= 11 is 6.27. The fraction of sp³-hybridized carbons (Fsp3) is 0.450. The molecule has 6 nitrogen and oxygen atoms in total. The fourth-order valence-corrected chi connectivity index (χ4v) is 3.57. The van der Waals surface area contributed by atoms with Crippen LogP contribution in [0, 0.1) is 0 Å². The second kappa shape index (κ2) is 8.13. The van der Waals surface area contributed by atoms with Crippen LogP contribution in [0.1, 0.15) is 51.5 Å². The van der Waals surface area contributed by atoms with E-state index in [0.29, 0.717) is 16.3 Å². The van der Waals surface area contributed by atoms with Gasteiger partial charge in [0.25, 0.3) is 11.8 Å². The van der Waals surface area contributed by atoms with Crippen LogP contribution < -0.4 is 10.1 Å². The SMILES string of the molecule is CC[C@@H](C)Oc1ccc(/C=C2\C(=O)NC(=O)N(C3CCCC3)C2=O)cc1Cl. The highest BCUT2D eigenvalue weighted by molar-refractivity contribution is 6.33. The summed E-state index contributed by atoms with van der Waals surface area (Å²) in [5.41, 5.74) is 0.531. The molecule has 2 fully saturated rings. The molecule has 0 aromatic heterocycles. The molecule has 0 unspecified atom stereocenters. The van der Waals surface area contributed by atoms with Gasteiger partial charge in [-0.25, -0.2) is 4.79 Å². The molecule has 144 valence electrons. The van der Waals surface area contributed by atoms with Gasteiger partial charge in [-0.1, -0.05) is 37.4 Å². The van der Waals surface area contributed by atoms with Crippen molar-refractivity contribution in [2.75, 3.05) is 0 Å². The zero-order valence-corrected chi connectivity index (χ0v) is 16.2. The van der Waals surface area contributed by atoms with E-state index >= 15 is 0 Å². The monoisotopic (exact) mass is 390 g/mol. The van der Waals surface area contributed by atoms with Crippen molar-refractivity contribution >= 4 is 35.5 Å². The molecular formula is C20H23ClN2O4. The first-order valence-corrected chi connectivity index (χ1v) is 9.65. The van der Waals surface area contributed by atoms with E-state index in [0.717, 1.165) is 32.1 Å². The summed E-state index contributed by atoms with van der Waals surface area (Å²) in [6.07, 6.45) is 5.84. The predicted molar refractivity (Wildman–Crippen MR) is 102 cm³/mol. The first-order valence-electron chi connectivity index (χ1n) is 9.27. The van der Waals surface area contributed by atoms with Crippen LogP contribution in [0.2, 0.25) is 5.02 Å². The third kappa shape index (κ3) is 4.16. The van der Waals surface area contributed by atoms with Crippen molar-refractivity contribution in [1.29, 1.82) is 0 Å². The molecule has 1 aromatic rings. The van der Waals surface area contributed by atoms with Crippen molar-refractivity contribution < 1.29 is 19.1 Å². The summed E-state index contributed by atoms with van der Waals surface area (Å²) in [6, 6.07) is 4.30. The van der Waals surface area contributed by atoms with Gasteiger partial charge in [0.15, 0.2) is 0 Å². The number of carbonyl (C=O) groups excluding carboxylic acids is 3. The van der Waals surface area contributed by atoms with Gasteiger partial charge in [-0.2, -0.15) is 0 Å². The Hall–Kier alpha value is -2.34. The summed E-state index contributed by atoms with van der Waals surface area (Å²) in [4.78, 5) is 38.3. The average Bonchev–Trinajstić information content (AvgIpc) is 3.14. The minimum atomic E-state index is -0.685. The van der Waals surface area contributed by atoms with E-state index in [2.05, 4.69) is 5.32 Å². The molecule has 1 aliphatic carbocycles. The van der Waals surface area contributed by atoms with Gasteiger partial charge in [0.1, 0.15) is 11.3 Å². The molecule has 7 heteroatoms. The zero-order valence-electron chi connectivity index (χ0n) is 15.5. The molecule has 1 N–H and O–H groups in total. The van der Waals surface area contributed by atoms with Gasteiger partial charge >= 0.3 is 6.03 Å². The van der Waals surface area contributed by atoms with E-state index in [4.69, 9.17) is 16.3 Å². The van der Waals surface area contributed by atoms with Gasteiger partial charge in [0.05, 0.1) is 11.1 Å². The molecule has 1 saturated heterocycles. The van der Waals surface area contributed by atoms with Crippen LogP contribution in [0.3, 0.4) is 0 Å². The largest absolute Gasteiger partial charge is 0.489 e. The van der Waals surface area contributed by atoms with Crippen LogP contribution in [-0.2, 0) is 9.59 Å². The molecule has 1 saturated carbocycles. The number of nitrogens with zero attached hydrogens (tertiary/aromatic N) is 1. The number of halogens is 1. The summed E-state index contributed by atoms with van der Waals surface area (Å²) in [7, 11) is 0. The standard InChI is InChI=1S/C20H23ClN2O4/c1-3-12(2)27-17-9-8-13(11-16(17)21)10-15-18(24)22-20(26)23(19(15)25)14-6-4-5-7-14/h8-12,14H,3-7H2,1-2H3,(H,22,24,26)/b15-10+/t12-/m1/s1. The lowest BCUT2D eigenvalue weighted by Gasteiger charge is -2.31. The number of barbiturate groups is 1. The van der Waals surface area contributed by atoms with Gasteiger partial charge in [0.2, 0.25) is 0 Å². The number of benzene rings is 1. The number of imide groups is 2. The first-order chi connectivity index (χ1) is 12.9. The van der Waals surface area contributed by atoms with Gasteiger partial charge < -0.3 is 4.74 Å². The molecule has 0 spiro atoms. The first kappa shape index (κ1) is 19.4. The Morgan fingerprint density at radius 2 is 2.00 bits per heavy atom. The van der Waals surface area contributed by atoms with E-state index in [-0.39, 0.29) is 17.7 Å². The summed E-state index contributed by atoms with van der Waals surface area (Å²) < 4.78 is 5.73. The maximum absolute atomic E-state index is 12.8. The number of urea groups is 1. The lowest BCUT2D eigenvalue weighted by atomic mass is 10.1. The number of hydrogen-bond acceptors (Lipinski definition) is 4. The number of carbonyl (C=O) groups is 3. The van der Waals surface area contributed by atoms with Crippen LogP contribution in [0.4, 0.5) is 4.79 Å². The molecule has 1 heterocycles. The van der Waals surface area contributed by atoms with Crippen LogP contribution in [0.5, 0.6) is 5.75 Å². The Balaban J connectivity index is 1.86. The number of ether oxygens (including phenoxy) is 1. The molecule has 3 rings (SSSR count). The van der Waals surface area contributed by atoms with Crippen molar-refractivity contribution in [3.05, 3.63) is 34.4 Å². The maximum atomic E-state index is 12.8. The van der Waals surface area contributed by atoms with Crippen LogP contribution in [-0.4, -0.2) is 34.9 Å². The van der Waals surface area contributed by atoms with E-state index < -0.39 is 17.8 Å². The summed E-state index contributed by atoms with van der Waals surface area (Å²) in [5.74, 6) is -0.683. The van der Waals surface area contributed by atoms with Crippen molar-refractivity contribution in [3.63, 3.8) is 0 Å². The molecule has 4 amide bonds. The van der Waals surface area contributed by atoms with Gasteiger partial charge in [-0.05, 0) is 50.0 Å². The van der Waals surface area contributed by atoms with E-state index in [1.807, 2.05) is 13.8 Å². The Morgan fingerprint density at radius 3 is 2.63 bits per heavy atom. The van der Waals surface area contributed by atoms with Gasteiger partial charge in [-0.15, -0.1) is 0 Å². The quantitative estimate of drug-likeness (QED) is 0.610.